The van der Waals surface area contributed by atoms with E-state index in [9.17, 15) is 13.2 Å². The van der Waals surface area contributed by atoms with Crippen LogP contribution in [0.25, 0.3) is 6.08 Å². The lowest BCUT2D eigenvalue weighted by Crippen LogP contribution is -2.14. The number of hydrogen-bond acceptors (Lipinski definition) is 5. The molecule has 0 saturated carbocycles. The highest BCUT2D eigenvalue weighted by molar-refractivity contribution is 7.92. The van der Waals surface area contributed by atoms with Gasteiger partial charge in [0.15, 0.2) is 0 Å². The van der Waals surface area contributed by atoms with Crippen LogP contribution in [0.1, 0.15) is 5.56 Å². The van der Waals surface area contributed by atoms with Gasteiger partial charge in [0.05, 0.1) is 24.8 Å². The molecule has 32 heavy (non-hydrogen) atoms. The van der Waals surface area contributed by atoms with Crippen LogP contribution in [0.3, 0.4) is 0 Å². The molecule has 0 bridgehead atoms. The third-order valence-electron chi connectivity index (χ3n) is 4.40. The maximum atomic E-state index is 12.7. The Labute approximate surface area is 191 Å². The highest BCUT2D eigenvalue weighted by Crippen LogP contribution is 2.31. The van der Waals surface area contributed by atoms with Crippen molar-refractivity contribution in [3.63, 3.8) is 0 Å². The molecule has 0 aliphatic carbocycles. The first-order valence-corrected chi connectivity index (χ1v) is 11.3. The summed E-state index contributed by atoms with van der Waals surface area (Å²) >= 11 is 6.06. The second-order valence-electron chi connectivity index (χ2n) is 6.54. The number of halogens is 1. The van der Waals surface area contributed by atoms with Gasteiger partial charge in [-0.15, -0.1) is 0 Å². The lowest BCUT2D eigenvalue weighted by molar-refractivity contribution is -0.111. The second kappa shape index (κ2) is 10.2. The Morgan fingerprint density at radius 3 is 2.34 bits per heavy atom. The minimum atomic E-state index is -3.87. The fourth-order valence-electron chi connectivity index (χ4n) is 2.76. The van der Waals surface area contributed by atoms with Gasteiger partial charge in [0.2, 0.25) is 5.91 Å². The molecular weight excluding hydrogens is 452 g/mol. The van der Waals surface area contributed by atoms with Crippen molar-refractivity contribution in [3.8, 4) is 11.5 Å². The Kier molecular flexibility index (Phi) is 7.40. The van der Waals surface area contributed by atoms with Crippen LogP contribution >= 0.6 is 11.6 Å². The summed E-state index contributed by atoms with van der Waals surface area (Å²) in [7, 11) is -0.934. The molecule has 0 heterocycles. The normalized spacial score (nSPS) is 11.2. The number of methoxy groups -OCH3 is 2. The van der Waals surface area contributed by atoms with E-state index in [0.29, 0.717) is 27.8 Å². The highest BCUT2D eigenvalue weighted by atomic mass is 35.5. The van der Waals surface area contributed by atoms with Crippen LogP contribution in [0.4, 0.5) is 11.4 Å². The van der Waals surface area contributed by atoms with Gasteiger partial charge in [0.25, 0.3) is 10.0 Å². The third-order valence-corrected chi connectivity index (χ3v) is 6.13. The minimum Gasteiger partial charge on any atom is -0.497 e. The van der Waals surface area contributed by atoms with Crippen LogP contribution < -0.4 is 19.5 Å². The maximum Gasteiger partial charge on any atom is 0.262 e. The molecule has 0 spiro atoms. The molecule has 0 atom stereocenters. The fraction of sp³-hybridized carbons (Fsp3) is 0.0870. The van der Waals surface area contributed by atoms with Gasteiger partial charge >= 0.3 is 0 Å². The van der Waals surface area contributed by atoms with Crippen LogP contribution in [0.5, 0.6) is 11.5 Å². The average Bonchev–Trinajstić information content (AvgIpc) is 2.79. The van der Waals surface area contributed by atoms with E-state index in [1.807, 2.05) is 6.07 Å². The zero-order chi connectivity index (χ0) is 23.1. The molecule has 1 amide bonds. The monoisotopic (exact) mass is 472 g/mol. The lowest BCUT2D eigenvalue weighted by Gasteiger charge is -2.13. The number of sulfonamides is 1. The van der Waals surface area contributed by atoms with E-state index >= 15 is 0 Å². The predicted molar refractivity (Wildman–Crippen MR) is 126 cm³/mol. The standard InChI is InChI=1S/C23H21ClN2O5S/c1-30-18-10-13-21(22(15-18)31-2)26-32(28,29)19-11-8-17(9-12-19)25-23(27)14-7-16-5-3-4-6-20(16)24/h3-15,26H,1-2H3,(H,25,27)/b14-7+. The topological polar surface area (TPSA) is 93.7 Å². The van der Waals surface area contributed by atoms with E-state index in [1.54, 1.807) is 42.5 Å². The number of hydrogen-bond donors (Lipinski definition) is 2. The van der Waals surface area contributed by atoms with Crippen molar-refractivity contribution in [1.29, 1.82) is 0 Å². The number of carbonyl (C=O) groups is 1. The summed E-state index contributed by atoms with van der Waals surface area (Å²) in [5.74, 6) is 0.484. The molecule has 2 N–H and O–H groups in total. The Hall–Kier alpha value is -3.49. The summed E-state index contributed by atoms with van der Waals surface area (Å²) in [6.45, 7) is 0. The number of carbonyl (C=O) groups excluding carboxylic acids is 1. The Morgan fingerprint density at radius 2 is 1.69 bits per heavy atom. The predicted octanol–water partition coefficient (Wildman–Crippen LogP) is 4.81. The largest absolute Gasteiger partial charge is 0.497 e. The van der Waals surface area contributed by atoms with Gasteiger partial charge in [0, 0.05) is 22.9 Å². The molecule has 0 radical (unpaired) electrons. The highest BCUT2D eigenvalue weighted by Gasteiger charge is 2.17. The van der Waals surface area contributed by atoms with Crippen LogP contribution in [0, 0.1) is 0 Å². The van der Waals surface area contributed by atoms with E-state index in [2.05, 4.69) is 10.0 Å². The zero-order valence-electron chi connectivity index (χ0n) is 17.3. The summed E-state index contributed by atoms with van der Waals surface area (Å²) in [6, 6.07) is 17.7. The molecule has 3 aromatic carbocycles. The summed E-state index contributed by atoms with van der Waals surface area (Å²) in [6.07, 6.45) is 2.95. The summed E-state index contributed by atoms with van der Waals surface area (Å²) in [5.41, 5.74) is 1.43. The van der Waals surface area contributed by atoms with Gasteiger partial charge in [-0.3, -0.25) is 9.52 Å². The lowest BCUT2D eigenvalue weighted by atomic mass is 10.2. The first-order valence-electron chi connectivity index (χ1n) is 9.41. The van der Waals surface area contributed by atoms with Crippen molar-refractivity contribution in [2.24, 2.45) is 0 Å². The smallest absolute Gasteiger partial charge is 0.262 e. The molecule has 0 saturated heterocycles. The van der Waals surface area contributed by atoms with Crippen LogP contribution in [-0.2, 0) is 14.8 Å². The Morgan fingerprint density at radius 1 is 0.969 bits per heavy atom. The van der Waals surface area contributed by atoms with Gasteiger partial charge < -0.3 is 14.8 Å². The maximum absolute atomic E-state index is 12.7. The van der Waals surface area contributed by atoms with Crippen molar-refractivity contribution in [2.75, 3.05) is 24.3 Å². The third kappa shape index (κ3) is 5.81. The van der Waals surface area contributed by atoms with Crippen molar-refractivity contribution in [1.82, 2.24) is 0 Å². The molecule has 7 nitrogen and oxygen atoms in total. The molecule has 166 valence electrons. The molecule has 0 aliphatic heterocycles. The molecule has 0 fully saturated rings. The van der Waals surface area contributed by atoms with E-state index in [4.69, 9.17) is 21.1 Å². The minimum absolute atomic E-state index is 0.0278. The van der Waals surface area contributed by atoms with E-state index < -0.39 is 10.0 Å². The van der Waals surface area contributed by atoms with Crippen LogP contribution in [0.15, 0.2) is 77.7 Å². The van der Waals surface area contributed by atoms with Gasteiger partial charge in [-0.2, -0.15) is 0 Å². The molecule has 0 aromatic heterocycles. The number of ether oxygens (including phenoxy) is 2. The molecular formula is C23H21ClN2O5S. The fourth-order valence-corrected chi connectivity index (χ4v) is 4.03. The van der Waals surface area contributed by atoms with Crippen molar-refractivity contribution >= 4 is 45.0 Å². The van der Waals surface area contributed by atoms with E-state index in [0.717, 1.165) is 0 Å². The second-order valence-corrected chi connectivity index (χ2v) is 8.63. The number of benzene rings is 3. The van der Waals surface area contributed by atoms with Crippen LogP contribution in [-0.4, -0.2) is 28.5 Å². The number of amides is 1. The number of nitrogens with one attached hydrogen (secondary N) is 2. The Balaban J connectivity index is 1.69. The van der Waals surface area contributed by atoms with E-state index in [1.165, 1.54) is 44.6 Å². The average molecular weight is 473 g/mol. The zero-order valence-corrected chi connectivity index (χ0v) is 18.9. The summed E-state index contributed by atoms with van der Waals surface area (Å²) in [4.78, 5) is 12.2. The molecule has 0 unspecified atom stereocenters. The number of rotatable bonds is 8. The van der Waals surface area contributed by atoms with Crippen molar-refractivity contribution in [2.45, 2.75) is 4.90 Å². The Bertz CT molecular complexity index is 1240. The SMILES string of the molecule is COc1ccc(NS(=O)(=O)c2ccc(NC(=O)/C=C/c3ccccc3Cl)cc2)c(OC)c1. The van der Waals surface area contributed by atoms with Gasteiger partial charge in [-0.05, 0) is 54.1 Å². The van der Waals surface area contributed by atoms with Crippen molar-refractivity contribution < 1.29 is 22.7 Å². The quantitative estimate of drug-likeness (QED) is 0.459. The van der Waals surface area contributed by atoms with Crippen LogP contribution in [0.2, 0.25) is 5.02 Å². The summed E-state index contributed by atoms with van der Waals surface area (Å²) < 4.78 is 38.3. The van der Waals surface area contributed by atoms with Gasteiger partial charge in [-0.25, -0.2) is 8.42 Å². The first kappa shape index (κ1) is 23.2. The van der Waals surface area contributed by atoms with E-state index in [-0.39, 0.29) is 16.5 Å². The molecule has 3 rings (SSSR count). The number of anilines is 2. The molecule has 3 aromatic rings. The summed E-state index contributed by atoms with van der Waals surface area (Å²) in [5, 5.41) is 3.21. The van der Waals surface area contributed by atoms with Crippen molar-refractivity contribution in [3.05, 3.63) is 83.4 Å². The molecule has 9 heteroatoms. The van der Waals surface area contributed by atoms with Gasteiger partial charge in [-0.1, -0.05) is 29.8 Å². The van der Waals surface area contributed by atoms with Gasteiger partial charge in [0.1, 0.15) is 11.5 Å². The first-order chi connectivity index (χ1) is 15.3. The molecule has 0 aliphatic rings.